The maximum absolute atomic E-state index is 6.63. The van der Waals surface area contributed by atoms with Gasteiger partial charge in [-0.3, -0.25) is 0 Å². The first-order chi connectivity index (χ1) is 14.6. The summed E-state index contributed by atoms with van der Waals surface area (Å²) >= 11 is 14.8. The maximum Gasteiger partial charge on any atom is 0.146 e. The Morgan fingerprint density at radius 3 is 2.23 bits per heavy atom. The molecule has 1 N–H and O–H groups in total. The molecule has 0 aliphatic carbocycles. The number of ether oxygens (including phenoxy) is 3. The van der Waals surface area contributed by atoms with Crippen LogP contribution in [0.25, 0.3) is 0 Å². The van der Waals surface area contributed by atoms with Crippen LogP contribution in [-0.4, -0.2) is 33.8 Å². The molecule has 0 spiro atoms. The van der Waals surface area contributed by atoms with Crippen molar-refractivity contribution in [1.82, 2.24) is 0 Å². The van der Waals surface area contributed by atoms with Crippen molar-refractivity contribution in [1.29, 1.82) is 0 Å². The van der Waals surface area contributed by atoms with Crippen molar-refractivity contribution in [2.45, 2.75) is 0 Å². The molecule has 0 unspecified atom stereocenters. The molecule has 2 aromatic carbocycles. The molecule has 1 aliphatic rings. The largest absolute Gasteiger partial charge is 0.497 e. The molecule has 2 heterocycles. The molecule has 0 saturated carbocycles. The summed E-state index contributed by atoms with van der Waals surface area (Å²) in [6.45, 7) is 0.331. The maximum atomic E-state index is 6.63. The number of thiophene rings is 1. The zero-order chi connectivity index (χ0) is 21.3. The number of benzene rings is 2. The predicted molar refractivity (Wildman–Crippen MR) is 124 cm³/mol. The Kier molecular flexibility index (Phi) is 5.94. The number of fused-ring (bicyclic) bond motifs is 1. The fourth-order valence-electron chi connectivity index (χ4n) is 3.19. The second kappa shape index (κ2) is 8.63. The molecule has 0 fully saturated rings. The number of nitrogens with one attached hydrogen (secondary N) is 1. The molecule has 3 aromatic rings. The summed E-state index contributed by atoms with van der Waals surface area (Å²) in [6, 6.07) is 11.4. The third-order valence-electron chi connectivity index (χ3n) is 4.69. The van der Waals surface area contributed by atoms with Gasteiger partial charge in [0.1, 0.15) is 39.8 Å². The predicted octanol–water partition coefficient (Wildman–Crippen LogP) is 6.05. The molecule has 0 saturated heterocycles. The highest BCUT2D eigenvalue weighted by atomic mass is 35.5. The number of aliphatic imine (C=N–C) groups is 1. The number of anilines is 3. The number of methoxy groups -OCH3 is 3. The lowest BCUT2D eigenvalue weighted by atomic mass is 10.2. The van der Waals surface area contributed by atoms with Gasteiger partial charge in [-0.15, -0.1) is 11.3 Å². The van der Waals surface area contributed by atoms with E-state index >= 15 is 0 Å². The second-order valence-corrected chi connectivity index (χ2v) is 7.99. The summed E-state index contributed by atoms with van der Waals surface area (Å²) in [7, 11) is 4.75. The van der Waals surface area contributed by atoms with Crippen LogP contribution in [0.5, 0.6) is 17.2 Å². The van der Waals surface area contributed by atoms with Gasteiger partial charge in [0.15, 0.2) is 0 Å². The van der Waals surface area contributed by atoms with Crippen LogP contribution in [0, 0.1) is 0 Å². The van der Waals surface area contributed by atoms with Gasteiger partial charge in [0.25, 0.3) is 0 Å². The van der Waals surface area contributed by atoms with Crippen molar-refractivity contribution in [3.05, 3.63) is 56.7 Å². The number of hydrogen-bond acceptors (Lipinski definition) is 7. The Morgan fingerprint density at radius 1 is 0.967 bits per heavy atom. The van der Waals surface area contributed by atoms with Gasteiger partial charge in [-0.25, -0.2) is 4.99 Å². The molecule has 1 aromatic heterocycles. The monoisotopic (exact) mass is 463 g/mol. The molecule has 0 radical (unpaired) electrons. The first kappa shape index (κ1) is 20.7. The summed E-state index contributed by atoms with van der Waals surface area (Å²) in [6.07, 6.45) is 0. The van der Waals surface area contributed by atoms with Gasteiger partial charge in [-0.2, -0.15) is 0 Å². The summed E-state index contributed by atoms with van der Waals surface area (Å²) < 4.78 is 16.0. The van der Waals surface area contributed by atoms with E-state index in [1.807, 2.05) is 40.6 Å². The van der Waals surface area contributed by atoms with Gasteiger partial charge >= 0.3 is 0 Å². The van der Waals surface area contributed by atoms with Crippen LogP contribution in [0.15, 0.2) is 46.8 Å². The van der Waals surface area contributed by atoms with Gasteiger partial charge < -0.3 is 24.4 Å². The lowest BCUT2D eigenvalue weighted by molar-refractivity contribution is 0.395. The molecule has 6 nitrogen and oxygen atoms in total. The molecule has 9 heteroatoms. The smallest absolute Gasteiger partial charge is 0.146 e. The topological polar surface area (TPSA) is 55.3 Å². The minimum Gasteiger partial charge on any atom is -0.497 e. The fourth-order valence-corrected chi connectivity index (χ4v) is 4.75. The molecule has 156 valence electrons. The zero-order valence-corrected chi connectivity index (χ0v) is 18.9. The Labute approximate surface area is 188 Å². The van der Waals surface area contributed by atoms with Crippen LogP contribution in [0.1, 0.15) is 4.88 Å². The average Bonchev–Trinajstić information content (AvgIpc) is 3.26. The minimum absolute atomic E-state index is 0.331. The highest BCUT2D eigenvalue weighted by Crippen LogP contribution is 2.49. The first-order valence-corrected chi connectivity index (χ1v) is 10.6. The van der Waals surface area contributed by atoms with Crippen LogP contribution in [-0.2, 0) is 0 Å². The molecule has 4 rings (SSSR count). The van der Waals surface area contributed by atoms with Gasteiger partial charge in [0.05, 0.1) is 37.6 Å². The molecular weight excluding hydrogens is 445 g/mol. The van der Waals surface area contributed by atoms with E-state index in [-0.39, 0.29) is 0 Å². The van der Waals surface area contributed by atoms with E-state index in [9.17, 15) is 0 Å². The number of amidine groups is 1. The molecule has 1 aliphatic heterocycles. The minimum atomic E-state index is 0.331. The Hall–Kier alpha value is -2.61. The van der Waals surface area contributed by atoms with Crippen LogP contribution in [0.4, 0.5) is 17.1 Å². The highest BCUT2D eigenvalue weighted by Gasteiger charge is 2.29. The summed E-state index contributed by atoms with van der Waals surface area (Å²) in [4.78, 5) is 7.68. The van der Waals surface area contributed by atoms with E-state index in [2.05, 4.69) is 5.32 Å². The third-order valence-corrected chi connectivity index (χ3v) is 6.33. The average molecular weight is 464 g/mol. The van der Waals surface area contributed by atoms with Gasteiger partial charge in [-0.05, 0) is 35.7 Å². The summed E-state index contributed by atoms with van der Waals surface area (Å²) in [5.41, 5.74) is 2.47. The van der Waals surface area contributed by atoms with Gasteiger partial charge in [0.2, 0.25) is 0 Å². The Bertz CT molecular complexity index is 1070. The van der Waals surface area contributed by atoms with Crippen molar-refractivity contribution in [2.24, 2.45) is 4.99 Å². The van der Waals surface area contributed by atoms with Crippen LogP contribution in [0.3, 0.4) is 0 Å². The quantitative estimate of drug-likeness (QED) is 0.498. The van der Waals surface area contributed by atoms with E-state index in [0.29, 0.717) is 33.9 Å². The van der Waals surface area contributed by atoms with E-state index in [0.717, 1.165) is 27.8 Å². The standard InChI is InChI=1S/C21H19Cl2N3O3S/c1-27-13-6-4-12(5-7-13)25-21-20-14(8-9-30-20)26(11-24-21)19-17(22)15(28-2)10-16(29-3)18(19)23/h4-10H,11H2,1-3H3,(H,24,25). The molecular formula is C21H19Cl2N3O3S. The molecule has 0 bridgehead atoms. The number of halogens is 2. The van der Waals surface area contributed by atoms with Crippen molar-refractivity contribution in [2.75, 3.05) is 38.2 Å². The number of nitrogens with zero attached hydrogens (tertiary/aromatic N) is 2. The van der Waals surface area contributed by atoms with Crippen molar-refractivity contribution in [3.63, 3.8) is 0 Å². The Morgan fingerprint density at radius 2 is 1.63 bits per heavy atom. The lowest BCUT2D eigenvalue weighted by Crippen LogP contribution is -2.28. The Balaban J connectivity index is 1.71. The van der Waals surface area contributed by atoms with Crippen LogP contribution < -0.4 is 24.4 Å². The first-order valence-electron chi connectivity index (χ1n) is 8.98. The molecule has 30 heavy (non-hydrogen) atoms. The third kappa shape index (κ3) is 3.64. The molecule has 0 atom stereocenters. The van der Waals surface area contributed by atoms with E-state index < -0.39 is 0 Å². The van der Waals surface area contributed by atoms with E-state index in [1.54, 1.807) is 38.7 Å². The fraction of sp³-hybridized carbons (Fsp3) is 0.190. The van der Waals surface area contributed by atoms with E-state index in [4.69, 9.17) is 42.4 Å². The summed E-state index contributed by atoms with van der Waals surface area (Å²) in [5, 5.41) is 6.20. The van der Waals surface area contributed by atoms with Crippen LogP contribution >= 0.6 is 34.5 Å². The van der Waals surface area contributed by atoms with E-state index in [1.165, 1.54) is 0 Å². The second-order valence-electron chi connectivity index (χ2n) is 6.32. The van der Waals surface area contributed by atoms with Crippen molar-refractivity contribution in [3.8, 4) is 17.2 Å². The van der Waals surface area contributed by atoms with Crippen molar-refractivity contribution >= 4 is 57.4 Å². The normalized spacial score (nSPS) is 12.8. The number of rotatable bonds is 5. The highest BCUT2D eigenvalue weighted by molar-refractivity contribution is 7.13. The lowest BCUT2D eigenvalue weighted by Gasteiger charge is -2.30. The van der Waals surface area contributed by atoms with Gasteiger partial charge in [0, 0.05) is 11.8 Å². The van der Waals surface area contributed by atoms with Crippen molar-refractivity contribution < 1.29 is 14.2 Å². The SMILES string of the molecule is COc1ccc(NC2=NCN(c3c(Cl)c(OC)cc(OC)c3Cl)c3ccsc32)cc1. The summed E-state index contributed by atoms with van der Waals surface area (Å²) in [5.74, 6) is 2.54. The van der Waals surface area contributed by atoms with Crippen LogP contribution in [0.2, 0.25) is 10.0 Å². The number of hydrogen-bond donors (Lipinski definition) is 1. The zero-order valence-electron chi connectivity index (χ0n) is 16.5. The molecule has 0 amide bonds. The van der Waals surface area contributed by atoms with Gasteiger partial charge in [-0.1, -0.05) is 23.2 Å².